The smallest absolute Gasteiger partial charge is 0.233 e. The normalized spacial score (nSPS) is 23.8. The van der Waals surface area contributed by atoms with Crippen molar-refractivity contribution < 1.29 is 28.7 Å². The van der Waals surface area contributed by atoms with Crippen molar-refractivity contribution in [3.8, 4) is 11.5 Å². The number of ether oxygens (including phenoxy) is 2. The second-order valence-electron chi connectivity index (χ2n) is 9.28. The minimum Gasteiger partial charge on any atom is -0.486 e. The Labute approximate surface area is 190 Å². The van der Waals surface area contributed by atoms with Gasteiger partial charge in [-0.05, 0) is 12.3 Å². The van der Waals surface area contributed by atoms with Crippen LogP contribution >= 0.6 is 0 Å². The van der Waals surface area contributed by atoms with Crippen molar-refractivity contribution in [3.05, 3.63) is 18.0 Å². The number of hydrogen-bond acceptors (Lipinski definition) is 6. The SMILES string of the molecule is O=CN(O)C[C@@H](CC1CCCC1)C(=O)N1C[C@H](F)C[C@H]1c1nc2cc3c(cc2[nH]1)OCCO3. The van der Waals surface area contributed by atoms with E-state index in [1.54, 1.807) is 6.07 Å². The monoisotopic (exact) mass is 460 g/mol. The van der Waals surface area contributed by atoms with Gasteiger partial charge in [0.25, 0.3) is 0 Å². The van der Waals surface area contributed by atoms with E-state index in [-0.39, 0.29) is 25.4 Å². The van der Waals surface area contributed by atoms with Gasteiger partial charge in [0.2, 0.25) is 12.3 Å². The second kappa shape index (κ2) is 9.17. The number of H-pyrrole nitrogens is 1. The minimum atomic E-state index is -1.17. The molecule has 0 radical (unpaired) electrons. The maximum Gasteiger partial charge on any atom is 0.233 e. The van der Waals surface area contributed by atoms with Gasteiger partial charge in [-0.2, -0.15) is 0 Å². The fraction of sp³-hybridized carbons (Fsp3) is 0.609. The first-order valence-corrected chi connectivity index (χ1v) is 11.7. The lowest BCUT2D eigenvalue weighted by atomic mass is 9.91. The number of hydrogen-bond donors (Lipinski definition) is 2. The van der Waals surface area contributed by atoms with Crippen molar-refractivity contribution in [2.45, 2.75) is 50.7 Å². The highest BCUT2D eigenvalue weighted by Crippen LogP contribution is 2.39. The molecule has 3 heterocycles. The van der Waals surface area contributed by atoms with E-state index in [0.717, 1.165) is 31.2 Å². The van der Waals surface area contributed by atoms with Crippen LogP contribution in [-0.4, -0.2) is 69.9 Å². The Morgan fingerprint density at radius 1 is 1.30 bits per heavy atom. The number of nitrogens with one attached hydrogen (secondary N) is 1. The topological polar surface area (TPSA) is 108 Å². The van der Waals surface area contributed by atoms with Gasteiger partial charge in [-0.3, -0.25) is 14.8 Å². The Kier molecular flexibility index (Phi) is 6.09. The number of amides is 2. The van der Waals surface area contributed by atoms with E-state index in [0.29, 0.717) is 59.9 Å². The number of carbonyl (C=O) groups excluding carboxylic acids is 2. The first kappa shape index (κ1) is 21.9. The molecule has 0 bridgehead atoms. The summed E-state index contributed by atoms with van der Waals surface area (Å²) in [5.41, 5.74) is 1.39. The van der Waals surface area contributed by atoms with Crippen LogP contribution in [0.25, 0.3) is 11.0 Å². The average Bonchev–Trinajstić information content (AvgIpc) is 3.55. The molecule has 178 valence electrons. The van der Waals surface area contributed by atoms with Crippen LogP contribution in [0.1, 0.15) is 50.4 Å². The van der Waals surface area contributed by atoms with E-state index in [4.69, 9.17) is 9.47 Å². The molecule has 1 saturated heterocycles. The van der Waals surface area contributed by atoms with Gasteiger partial charge in [0.05, 0.1) is 36.1 Å². The number of nitrogens with zero attached hydrogens (tertiary/aromatic N) is 3. The van der Waals surface area contributed by atoms with Gasteiger partial charge in [-0.25, -0.2) is 14.4 Å². The molecule has 3 atom stereocenters. The molecule has 10 heteroatoms. The van der Waals surface area contributed by atoms with Crippen LogP contribution in [0, 0.1) is 11.8 Å². The average molecular weight is 461 g/mol. The van der Waals surface area contributed by atoms with E-state index in [1.165, 1.54) is 4.90 Å². The molecule has 9 nitrogen and oxygen atoms in total. The largest absolute Gasteiger partial charge is 0.486 e. The zero-order valence-corrected chi connectivity index (χ0v) is 18.4. The van der Waals surface area contributed by atoms with Gasteiger partial charge < -0.3 is 19.4 Å². The molecule has 2 aliphatic heterocycles. The van der Waals surface area contributed by atoms with E-state index in [2.05, 4.69) is 9.97 Å². The zero-order valence-electron chi connectivity index (χ0n) is 18.4. The Balaban J connectivity index is 1.41. The molecule has 2 N–H and O–H groups in total. The van der Waals surface area contributed by atoms with Gasteiger partial charge in [0, 0.05) is 18.6 Å². The molecule has 2 fully saturated rings. The molecule has 3 aliphatic rings. The van der Waals surface area contributed by atoms with Gasteiger partial charge in [-0.1, -0.05) is 25.7 Å². The van der Waals surface area contributed by atoms with E-state index < -0.39 is 18.1 Å². The van der Waals surface area contributed by atoms with Crippen molar-refractivity contribution in [2.75, 3.05) is 26.3 Å². The highest BCUT2D eigenvalue weighted by atomic mass is 19.1. The molecule has 1 aliphatic carbocycles. The molecule has 0 spiro atoms. The summed E-state index contributed by atoms with van der Waals surface area (Å²) in [7, 11) is 0. The Bertz CT molecular complexity index is 981. The number of benzene rings is 1. The van der Waals surface area contributed by atoms with Gasteiger partial charge in [0.15, 0.2) is 11.5 Å². The second-order valence-corrected chi connectivity index (χ2v) is 9.28. The number of hydroxylamine groups is 2. The molecule has 1 saturated carbocycles. The summed E-state index contributed by atoms with van der Waals surface area (Å²) in [5.74, 6) is 1.28. The van der Waals surface area contributed by atoms with Crippen molar-refractivity contribution in [3.63, 3.8) is 0 Å². The van der Waals surface area contributed by atoms with Crippen LogP contribution in [0.2, 0.25) is 0 Å². The summed E-state index contributed by atoms with van der Waals surface area (Å²) in [6.45, 7) is 0.811. The van der Waals surface area contributed by atoms with E-state index in [9.17, 15) is 19.2 Å². The molecule has 2 aromatic rings. The summed E-state index contributed by atoms with van der Waals surface area (Å²) in [6, 6.07) is 3.05. The van der Waals surface area contributed by atoms with Gasteiger partial charge in [0.1, 0.15) is 25.2 Å². The number of fused-ring (bicyclic) bond motifs is 2. The van der Waals surface area contributed by atoms with Crippen molar-refractivity contribution >= 4 is 23.4 Å². The molecule has 1 aromatic carbocycles. The number of likely N-dealkylation sites (tertiary alicyclic amines) is 1. The number of carbonyl (C=O) groups is 2. The van der Waals surface area contributed by atoms with Crippen LogP contribution in [-0.2, 0) is 9.59 Å². The molecule has 1 aromatic heterocycles. The number of rotatable bonds is 7. The minimum absolute atomic E-state index is 0.0308. The lowest BCUT2D eigenvalue weighted by Gasteiger charge is -2.30. The zero-order chi connectivity index (χ0) is 22.9. The summed E-state index contributed by atoms with van der Waals surface area (Å²) < 4.78 is 25.8. The summed E-state index contributed by atoms with van der Waals surface area (Å²) in [4.78, 5) is 34.0. The molecular formula is C23H29FN4O5. The predicted molar refractivity (Wildman–Crippen MR) is 116 cm³/mol. The summed E-state index contributed by atoms with van der Waals surface area (Å²) in [6.07, 6.45) is 4.16. The quantitative estimate of drug-likeness (QED) is 0.374. The third-order valence-electron chi connectivity index (χ3n) is 6.98. The molecular weight excluding hydrogens is 431 g/mol. The Morgan fingerprint density at radius 3 is 2.76 bits per heavy atom. The van der Waals surface area contributed by atoms with E-state index >= 15 is 0 Å². The summed E-state index contributed by atoms with van der Waals surface area (Å²) >= 11 is 0. The van der Waals surface area contributed by atoms with Crippen LogP contribution in [0.5, 0.6) is 11.5 Å². The lowest BCUT2D eigenvalue weighted by Crippen LogP contribution is -2.41. The predicted octanol–water partition coefficient (Wildman–Crippen LogP) is 2.99. The van der Waals surface area contributed by atoms with Crippen LogP contribution < -0.4 is 9.47 Å². The number of aromatic amines is 1. The number of alkyl halides is 1. The lowest BCUT2D eigenvalue weighted by molar-refractivity contribution is -0.157. The molecule has 0 unspecified atom stereocenters. The van der Waals surface area contributed by atoms with Crippen LogP contribution in [0.15, 0.2) is 12.1 Å². The highest BCUT2D eigenvalue weighted by Gasteiger charge is 2.41. The number of halogens is 1. The Morgan fingerprint density at radius 2 is 2.03 bits per heavy atom. The van der Waals surface area contributed by atoms with E-state index in [1.807, 2.05) is 6.07 Å². The fourth-order valence-corrected chi connectivity index (χ4v) is 5.42. The first-order valence-electron chi connectivity index (χ1n) is 11.7. The first-order chi connectivity index (χ1) is 16.0. The van der Waals surface area contributed by atoms with Gasteiger partial charge >= 0.3 is 0 Å². The molecule has 33 heavy (non-hydrogen) atoms. The van der Waals surface area contributed by atoms with Crippen molar-refractivity contribution in [1.82, 2.24) is 19.9 Å². The highest BCUT2D eigenvalue weighted by molar-refractivity contribution is 5.82. The fourth-order valence-electron chi connectivity index (χ4n) is 5.42. The standard InChI is InChI=1S/C23H29FN4O5/c24-16-8-19(22-25-17-9-20-21(10-18(17)26-22)33-6-5-32-20)28(12-16)23(30)15(11-27(31)13-29)7-14-3-1-2-4-14/h9-10,13-16,19,31H,1-8,11-12H2,(H,25,26)/t15-,16-,19+/m1/s1. The number of aromatic nitrogens is 2. The third kappa shape index (κ3) is 4.48. The molecule has 2 amide bonds. The van der Waals surface area contributed by atoms with Crippen molar-refractivity contribution in [1.29, 1.82) is 0 Å². The number of imidazole rings is 1. The van der Waals surface area contributed by atoms with Crippen LogP contribution in [0.3, 0.4) is 0 Å². The maximum absolute atomic E-state index is 14.6. The van der Waals surface area contributed by atoms with Crippen LogP contribution in [0.4, 0.5) is 4.39 Å². The van der Waals surface area contributed by atoms with Gasteiger partial charge in [-0.15, -0.1) is 0 Å². The Hall–Kier alpha value is -2.88. The third-order valence-corrected chi connectivity index (χ3v) is 6.98. The molecule has 5 rings (SSSR count). The maximum atomic E-state index is 14.6. The van der Waals surface area contributed by atoms with Crippen molar-refractivity contribution in [2.24, 2.45) is 11.8 Å². The summed E-state index contributed by atoms with van der Waals surface area (Å²) in [5, 5.41) is 10.3.